The third kappa shape index (κ3) is 1.32. The van der Waals surface area contributed by atoms with Gasteiger partial charge in [0.25, 0.3) is 6.43 Å². The van der Waals surface area contributed by atoms with E-state index < -0.39 is 17.9 Å². The number of pyridine rings is 1. The highest BCUT2D eigenvalue weighted by molar-refractivity contribution is 5.44. The number of hydrogen-bond donors (Lipinski definition) is 1. The average Bonchev–Trinajstić information content (AvgIpc) is 2.04. The fraction of sp³-hybridized carbons (Fsp3) is 0.143. The summed E-state index contributed by atoms with van der Waals surface area (Å²) >= 11 is 0. The fourth-order valence-electron chi connectivity index (χ4n) is 0.720. The highest BCUT2D eigenvalue weighted by Crippen LogP contribution is 2.27. The van der Waals surface area contributed by atoms with Gasteiger partial charge in [-0.3, -0.25) is 4.98 Å². The second kappa shape index (κ2) is 3.13. The molecule has 1 aromatic rings. The monoisotopic (exact) mass is 170 g/mol. The number of halogens is 2. The predicted molar refractivity (Wildman–Crippen MR) is 35.6 cm³/mol. The summed E-state index contributed by atoms with van der Waals surface area (Å²) in [4.78, 5) is 3.24. The zero-order valence-electron chi connectivity index (χ0n) is 5.83. The number of alkyl halides is 2. The minimum atomic E-state index is -2.86. The second-order valence-electron chi connectivity index (χ2n) is 2.00. The van der Waals surface area contributed by atoms with Crippen LogP contribution in [0, 0.1) is 11.3 Å². The molecule has 12 heavy (non-hydrogen) atoms. The Morgan fingerprint density at radius 3 is 2.75 bits per heavy atom. The Hall–Kier alpha value is -1.70. The summed E-state index contributed by atoms with van der Waals surface area (Å²) in [6, 6.07) is 2.74. The summed E-state index contributed by atoms with van der Waals surface area (Å²) in [6.45, 7) is 0. The molecule has 0 aliphatic rings. The van der Waals surface area contributed by atoms with Gasteiger partial charge < -0.3 is 5.11 Å². The van der Waals surface area contributed by atoms with E-state index in [2.05, 4.69) is 4.98 Å². The first-order chi connectivity index (χ1) is 5.66. The molecule has 0 atom stereocenters. The molecule has 0 fully saturated rings. The van der Waals surface area contributed by atoms with Gasteiger partial charge in [-0.2, -0.15) is 5.26 Å². The van der Waals surface area contributed by atoms with Gasteiger partial charge in [-0.15, -0.1) is 0 Å². The van der Waals surface area contributed by atoms with E-state index in [-0.39, 0.29) is 5.56 Å². The lowest BCUT2D eigenvalue weighted by Gasteiger charge is -2.01. The molecule has 0 aliphatic carbocycles. The Morgan fingerprint density at radius 1 is 1.58 bits per heavy atom. The highest BCUT2D eigenvalue weighted by atomic mass is 19.3. The molecule has 0 radical (unpaired) electrons. The molecule has 1 aromatic heterocycles. The number of aromatic hydroxyl groups is 1. The van der Waals surface area contributed by atoms with Crippen molar-refractivity contribution in [2.24, 2.45) is 0 Å². The van der Waals surface area contributed by atoms with Crippen molar-refractivity contribution in [3.63, 3.8) is 0 Å². The van der Waals surface area contributed by atoms with Crippen LogP contribution in [0.2, 0.25) is 0 Å². The third-order valence-electron chi connectivity index (χ3n) is 1.28. The van der Waals surface area contributed by atoms with Crippen molar-refractivity contribution >= 4 is 0 Å². The molecular weight excluding hydrogens is 166 g/mol. The van der Waals surface area contributed by atoms with E-state index in [0.29, 0.717) is 0 Å². The van der Waals surface area contributed by atoms with Crippen LogP contribution in [0.4, 0.5) is 8.78 Å². The number of nitrogens with zero attached hydrogens (tertiary/aromatic N) is 2. The zero-order valence-corrected chi connectivity index (χ0v) is 5.83. The molecule has 1 rings (SSSR count). The van der Waals surface area contributed by atoms with Crippen LogP contribution in [0.5, 0.6) is 5.75 Å². The maximum atomic E-state index is 12.0. The molecule has 5 heteroatoms. The lowest BCUT2D eigenvalue weighted by molar-refractivity contribution is 0.142. The average molecular weight is 170 g/mol. The summed E-state index contributed by atoms with van der Waals surface area (Å²) in [5, 5.41) is 17.3. The molecule has 0 aliphatic heterocycles. The van der Waals surface area contributed by atoms with Gasteiger partial charge in [-0.05, 0) is 6.07 Å². The van der Waals surface area contributed by atoms with E-state index in [0.717, 1.165) is 6.20 Å². The van der Waals surface area contributed by atoms with E-state index in [1.807, 2.05) is 0 Å². The van der Waals surface area contributed by atoms with E-state index >= 15 is 0 Å². The number of nitriles is 1. The van der Waals surface area contributed by atoms with Crippen molar-refractivity contribution < 1.29 is 13.9 Å². The molecule has 0 amide bonds. The molecule has 62 valence electrons. The Morgan fingerprint density at radius 2 is 2.25 bits per heavy atom. The van der Waals surface area contributed by atoms with Crippen LogP contribution >= 0.6 is 0 Å². The van der Waals surface area contributed by atoms with Gasteiger partial charge in [0.15, 0.2) is 5.75 Å². The van der Waals surface area contributed by atoms with Crippen LogP contribution in [0.15, 0.2) is 12.3 Å². The summed E-state index contributed by atoms with van der Waals surface area (Å²) in [7, 11) is 0. The Kier molecular flexibility index (Phi) is 2.19. The van der Waals surface area contributed by atoms with Crippen LogP contribution in [0.3, 0.4) is 0 Å². The molecule has 1 heterocycles. The van der Waals surface area contributed by atoms with Crippen molar-refractivity contribution in [3.8, 4) is 11.8 Å². The second-order valence-corrected chi connectivity index (χ2v) is 2.00. The zero-order chi connectivity index (χ0) is 9.14. The lowest BCUT2D eigenvalue weighted by Crippen LogP contribution is -1.92. The van der Waals surface area contributed by atoms with Crippen molar-refractivity contribution in [2.45, 2.75) is 6.43 Å². The molecule has 1 N–H and O–H groups in total. The first kappa shape index (κ1) is 8.40. The van der Waals surface area contributed by atoms with Gasteiger partial charge in [0.05, 0.1) is 5.56 Å². The predicted octanol–water partition coefficient (Wildman–Crippen LogP) is 1.60. The topological polar surface area (TPSA) is 56.9 Å². The summed E-state index contributed by atoms with van der Waals surface area (Å²) in [5.41, 5.74) is -0.950. The smallest absolute Gasteiger partial charge is 0.284 e. The van der Waals surface area contributed by atoms with E-state index in [1.54, 1.807) is 6.07 Å². The van der Waals surface area contributed by atoms with Gasteiger partial charge >= 0.3 is 0 Å². The number of aromatic nitrogens is 1. The van der Waals surface area contributed by atoms with Crippen molar-refractivity contribution in [1.82, 2.24) is 4.98 Å². The number of rotatable bonds is 1. The number of hydrogen-bond acceptors (Lipinski definition) is 3. The normalized spacial score (nSPS) is 9.83. The Balaban J connectivity index is 3.25. The van der Waals surface area contributed by atoms with Crippen molar-refractivity contribution in [3.05, 3.63) is 23.5 Å². The van der Waals surface area contributed by atoms with E-state index in [4.69, 9.17) is 10.4 Å². The van der Waals surface area contributed by atoms with E-state index in [1.165, 1.54) is 6.07 Å². The molecular formula is C7H4F2N2O. The quantitative estimate of drug-likeness (QED) is 0.696. The minimum Gasteiger partial charge on any atom is -0.505 e. The van der Waals surface area contributed by atoms with Crippen LogP contribution in [-0.4, -0.2) is 10.1 Å². The van der Waals surface area contributed by atoms with Crippen LogP contribution < -0.4 is 0 Å². The SMILES string of the molecule is N#Cc1ccnc(C(F)F)c1O. The molecule has 3 nitrogen and oxygen atoms in total. The molecule has 0 spiro atoms. The summed E-state index contributed by atoms with van der Waals surface area (Å²) in [5.74, 6) is -0.741. The minimum absolute atomic E-state index is 0.194. The van der Waals surface area contributed by atoms with Crippen LogP contribution in [-0.2, 0) is 0 Å². The maximum Gasteiger partial charge on any atom is 0.284 e. The molecule has 0 aromatic carbocycles. The molecule has 0 unspecified atom stereocenters. The van der Waals surface area contributed by atoms with Gasteiger partial charge in [0.1, 0.15) is 11.8 Å². The largest absolute Gasteiger partial charge is 0.505 e. The first-order valence-electron chi connectivity index (χ1n) is 3.03. The van der Waals surface area contributed by atoms with Crippen molar-refractivity contribution in [2.75, 3.05) is 0 Å². The van der Waals surface area contributed by atoms with Gasteiger partial charge in [-0.1, -0.05) is 0 Å². The first-order valence-corrected chi connectivity index (χ1v) is 3.03. The maximum absolute atomic E-state index is 12.0. The summed E-state index contributed by atoms with van der Waals surface area (Å²) in [6.07, 6.45) is -1.81. The molecule has 0 saturated heterocycles. The lowest BCUT2D eigenvalue weighted by atomic mass is 10.2. The fourth-order valence-corrected chi connectivity index (χ4v) is 0.720. The van der Waals surface area contributed by atoms with Gasteiger partial charge in [0.2, 0.25) is 0 Å². The Labute approximate surface area is 66.9 Å². The van der Waals surface area contributed by atoms with Gasteiger partial charge in [-0.25, -0.2) is 8.78 Å². The molecule has 0 saturated carbocycles. The van der Waals surface area contributed by atoms with E-state index in [9.17, 15) is 8.78 Å². The Bertz CT molecular complexity index is 333. The van der Waals surface area contributed by atoms with Crippen molar-refractivity contribution in [1.29, 1.82) is 5.26 Å². The third-order valence-corrected chi connectivity index (χ3v) is 1.28. The highest BCUT2D eigenvalue weighted by Gasteiger charge is 2.16. The van der Waals surface area contributed by atoms with Gasteiger partial charge in [0, 0.05) is 6.20 Å². The summed E-state index contributed by atoms with van der Waals surface area (Å²) < 4.78 is 24.0. The molecule has 0 bridgehead atoms. The standard InChI is InChI=1S/C7H4F2N2O/c8-7(9)5-6(12)4(3-10)1-2-11-5/h1-2,7,12H. The van der Waals surface area contributed by atoms with Crippen LogP contribution in [0.1, 0.15) is 17.7 Å². The van der Waals surface area contributed by atoms with Crippen LogP contribution in [0.25, 0.3) is 0 Å².